The second-order valence-corrected chi connectivity index (χ2v) is 6.65. The van der Waals surface area contributed by atoms with Crippen molar-refractivity contribution < 1.29 is 14.3 Å². The Morgan fingerprint density at radius 2 is 2.00 bits per heavy atom. The van der Waals surface area contributed by atoms with E-state index in [1.807, 2.05) is 26.0 Å². The monoisotopic (exact) mass is 358 g/mol. The Hall–Kier alpha value is -2.51. The number of rotatable bonds is 6. The molecule has 130 valence electrons. The molecule has 0 aliphatic carbocycles. The topological polar surface area (TPSA) is 69.9 Å². The Balaban J connectivity index is 1.62. The minimum Gasteiger partial charge on any atom is -0.456 e. The molecule has 0 saturated heterocycles. The quantitative estimate of drug-likeness (QED) is 0.634. The molecule has 0 unspecified atom stereocenters. The van der Waals surface area contributed by atoms with Crippen molar-refractivity contribution in [3.05, 3.63) is 69.1 Å². The van der Waals surface area contributed by atoms with E-state index in [1.165, 1.54) is 21.8 Å². The van der Waals surface area contributed by atoms with Crippen molar-refractivity contribution in [3.8, 4) is 0 Å². The maximum absolute atomic E-state index is 12.1. The van der Waals surface area contributed by atoms with Crippen LogP contribution in [0.15, 0.2) is 46.7 Å². The highest BCUT2D eigenvalue weighted by molar-refractivity contribution is 7.15. The molecular weight excluding hydrogens is 340 g/mol. The van der Waals surface area contributed by atoms with Crippen LogP contribution >= 0.6 is 11.3 Å². The van der Waals surface area contributed by atoms with Crippen molar-refractivity contribution in [1.29, 1.82) is 0 Å². The molecule has 1 aromatic carbocycles. The van der Waals surface area contributed by atoms with Gasteiger partial charge in [0.2, 0.25) is 0 Å². The summed E-state index contributed by atoms with van der Waals surface area (Å²) < 4.78 is 12.2. The number of aromatic nitrogens is 2. The number of carbonyl (C=O) groups is 1. The third-order valence-electron chi connectivity index (χ3n) is 3.48. The van der Waals surface area contributed by atoms with E-state index in [0.29, 0.717) is 22.8 Å². The van der Waals surface area contributed by atoms with Gasteiger partial charge in [0.05, 0.1) is 24.0 Å². The third kappa shape index (κ3) is 4.32. The predicted octanol–water partition coefficient (Wildman–Crippen LogP) is 3.04. The molecule has 0 amide bonds. The lowest BCUT2D eigenvalue weighted by Crippen LogP contribution is -2.14. The minimum atomic E-state index is -0.454. The van der Waals surface area contributed by atoms with Crippen LogP contribution in [0.4, 0.5) is 0 Å². The molecule has 0 aliphatic rings. The average Bonchev–Trinajstić information content (AvgIpc) is 3.07. The van der Waals surface area contributed by atoms with Crippen LogP contribution in [0, 0.1) is 0 Å². The predicted molar refractivity (Wildman–Crippen MR) is 94.8 cm³/mol. The van der Waals surface area contributed by atoms with Crippen LogP contribution in [0.5, 0.6) is 0 Å². The number of thiazole rings is 1. The largest absolute Gasteiger partial charge is 0.456 e. The van der Waals surface area contributed by atoms with E-state index in [2.05, 4.69) is 4.98 Å². The fourth-order valence-corrected chi connectivity index (χ4v) is 2.92. The van der Waals surface area contributed by atoms with Crippen molar-refractivity contribution in [1.82, 2.24) is 9.38 Å². The zero-order chi connectivity index (χ0) is 17.8. The second-order valence-electron chi connectivity index (χ2n) is 5.77. The fourth-order valence-electron chi connectivity index (χ4n) is 2.18. The van der Waals surface area contributed by atoms with Gasteiger partial charge in [0.15, 0.2) is 4.96 Å². The average molecular weight is 358 g/mol. The first kappa shape index (κ1) is 17.3. The molecule has 0 aliphatic heterocycles. The van der Waals surface area contributed by atoms with Gasteiger partial charge in [-0.1, -0.05) is 12.1 Å². The first-order chi connectivity index (χ1) is 12.0. The number of hydrogen-bond acceptors (Lipinski definition) is 6. The van der Waals surface area contributed by atoms with Gasteiger partial charge < -0.3 is 9.47 Å². The molecule has 0 bridgehead atoms. The van der Waals surface area contributed by atoms with Gasteiger partial charge in [0, 0.05) is 17.6 Å². The maximum atomic E-state index is 12.1. The Labute approximate surface area is 148 Å². The van der Waals surface area contributed by atoms with E-state index < -0.39 is 5.97 Å². The smallest absolute Gasteiger partial charge is 0.338 e. The number of benzene rings is 1. The maximum Gasteiger partial charge on any atom is 0.338 e. The van der Waals surface area contributed by atoms with Gasteiger partial charge in [-0.2, -0.15) is 0 Å². The number of nitrogens with zero attached hydrogens (tertiary/aromatic N) is 2. The highest BCUT2D eigenvalue weighted by atomic mass is 32.1. The van der Waals surface area contributed by atoms with E-state index in [-0.39, 0.29) is 18.3 Å². The lowest BCUT2D eigenvalue weighted by Gasteiger charge is -2.08. The molecule has 0 saturated carbocycles. The normalized spacial score (nSPS) is 11.2. The van der Waals surface area contributed by atoms with Crippen molar-refractivity contribution >= 4 is 22.3 Å². The Morgan fingerprint density at radius 3 is 2.72 bits per heavy atom. The number of esters is 1. The first-order valence-corrected chi connectivity index (χ1v) is 8.74. The van der Waals surface area contributed by atoms with E-state index in [4.69, 9.17) is 9.47 Å². The molecule has 25 heavy (non-hydrogen) atoms. The summed E-state index contributed by atoms with van der Waals surface area (Å²) in [5, 5.41) is 1.78. The molecular formula is C18H18N2O4S. The summed E-state index contributed by atoms with van der Waals surface area (Å²) in [6.45, 7) is 4.40. The van der Waals surface area contributed by atoms with Crippen molar-refractivity contribution in [2.45, 2.75) is 33.2 Å². The molecule has 3 rings (SSSR count). The molecule has 0 spiro atoms. The molecule has 6 nitrogen and oxygen atoms in total. The summed E-state index contributed by atoms with van der Waals surface area (Å²) in [6, 6.07) is 8.44. The SMILES string of the molecule is CC(C)OCc1ccc(C(=O)OCc2cc(=O)n3ccsc3n2)cc1. The van der Waals surface area contributed by atoms with Crippen LogP contribution in [-0.4, -0.2) is 21.5 Å². The second kappa shape index (κ2) is 7.58. The lowest BCUT2D eigenvalue weighted by atomic mass is 10.1. The molecule has 2 aromatic heterocycles. The Bertz CT molecular complexity index is 928. The van der Waals surface area contributed by atoms with Crippen LogP contribution in [0.2, 0.25) is 0 Å². The van der Waals surface area contributed by atoms with Gasteiger partial charge >= 0.3 is 5.97 Å². The van der Waals surface area contributed by atoms with E-state index in [1.54, 1.807) is 23.7 Å². The van der Waals surface area contributed by atoms with Crippen LogP contribution < -0.4 is 5.56 Å². The molecule has 7 heteroatoms. The summed E-state index contributed by atoms with van der Waals surface area (Å²) >= 11 is 1.35. The highest BCUT2D eigenvalue weighted by Gasteiger charge is 2.10. The van der Waals surface area contributed by atoms with Crippen molar-refractivity contribution in [3.63, 3.8) is 0 Å². The van der Waals surface area contributed by atoms with Crippen molar-refractivity contribution in [2.75, 3.05) is 0 Å². The summed E-state index contributed by atoms with van der Waals surface area (Å²) in [5.74, 6) is -0.454. The Morgan fingerprint density at radius 1 is 1.24 bits per heavy atom. The molecule has 0 fully saturated rings. The molecule has 0 atom stereocenters. The molecule has 0 radical (unpaired) electrons. The molecule has 0 N–H and O–H groups in total. The van der Waals surface area contributed by atoms with Crippen LogP contribution in [0.1, 0.15) is 35.5 Å². The van der Waals surface area contributed by atoms with E-state index in [9.17, 15) is 9.59 Å². The van der Waals surface area contributed by atoms with E-state index >= 15 is 0 Å². The van der Waals surface area contributed by atoms with Crippen LogP contribution in [-0.2, 0) is 22.7 Å². The third-order valence-corrected chi connectivity index (χ3v) is 4.24. The number of carbonyl (C=O) groups excluding carboxylic acids is 1. The van der Waals surface area contributed by atoms with Gasteiger partial charge in [0.25, 0.3) is 5.56 Å². The van der Waals surface area contributed by atoms with Gasteiger partial charge in [0.1, 0.15) is 6.61 Å². The zero-order valence-electron chi connectivity index (χ0n) is 14.0. The standard InChI is InChI=1S/C18H18N2O4S/c1-12(2)23-10-13-3-5-14(6-4-13)17(22)24-11-15-9-16(21)20-7-8-25-18(20)19-15/h3-9,12H,10-11H2,1-2H3. The van der Waals surface area contributed by atoms with Gasteiger partial charge in [-0.15, -0.1) is 11.3 Å². The number of ether oxygens (including phenoxy) is 2. The lowest BCUT2D eigenvalue weighted by molar-refractivity contribution is 0.0467. The van der Waals surface area contributed by atoms with Crippen LogP contribution in [0.3, 0.4) is 0 Å². The van der Waals surface area contributed by atoms with Gasteiger partial charge in [-0.25, -0.2) is 9.78 Å². The highest BCUT2D eigenvalue weighted by Crippen LogP contribution is 2.11. The summed E-state index contributed by atoms with van der Waals surface area (Å²) in [7, 11) is 0. The van der Waals surface area contributed by atoms with E-state index in [0.717, 1.165) is 5.56 Å². The summed E-state index contributed by atoms with van der Waals surface area (Å²) in [5.41, 5.74) is 1.68. The van der Waals surface area contributed by atoms with Crippen molar-refractivity contribution in [2.24, 2.45) is 0 Å². The van der Waals surface area contributed by atoms with Crippen LogP contribution in [0.25, 0.3) is 4.96 Å². The molecule has 3 aromatic rings. The Kier molecular flexibility index (Phi) is 5.25. The van der Waals surface area contributed by atoms with Gasteiger partial charge in [-0.3, -0.25) is 9.20 Å². The number of fused-ring (bicyclic) bond motifs is 1. The minimum absolute atomic E-state index is 0.0410. The zero-order valence-corrected chi connectivity index (χ0v) is 14.8. The van der Waals surface area contributed by atoms with Gasteiger partial charge in [-0.05, 0) is 31.5 Å². The summed E-state index contributed by atoms with van der Waals surface area (Å²) in [4.78, 5) is 28.9. The number of hydrogen-bond donors (Lipinski definition) is 0. The fraction of sp³-hybridized carbons (Fsp3) is 0.278. The summed E-state index contributed by atoms with van der Waals surface area (Å²) in [6.07, 6.45) is 1.82. The molecule has 2 heterocycles. The first-order valence-electron chi connectivity index (χ1n) is 7.86.